The molecular formula is C11H20N2O4. The topological polar surface area (TPSA) is 95.5 Å². The molecule has 17 heavy (non-hydrogen) atoms. The minimum atomic E-state index is -1.05. The number of rotatable bonds is 7. The summed E-state index contributed by atoms with van der Waals surface area (Å²) in [5.41, 5.74) is 0. The van der Waals surface area contributed by atoms with Crippen LogP contribution in [0.15, 0.2) is 0 Å². The van der Waals surface area contributed by atoms with Gasteiger partial charge in [0.1, 0.15) is 12.1 Å². The zero-order valence-electron chi connectivity index (χ0n) is 10.4. The van der Waals surface area contributed by atoms with Crippen LogP contribution in [0.1, 0.15) is 40.0 Å². The van der Waals surface area contributed by atoms with Gasteiger partial charge in [0, 0.05) is 6.92 Å². The number of amides is 2. The second-order valence-electron chi connectivity index (χ2n) is 3.96. The van der Waals surface area contributed by atoms with E-state index in [1.54, 1.807) is 0 Å². The SMILES string of the molecule is CCCC[C@H](NC(=O)[C@H](C)NC(C)=O)C(=O)O. The Morgan fingerprint density at radius 2 is 1.82 bits per heavy atom. The summed E-state index contributed by atoms with van der Waals surface area (Å²) in [6, 6.07) is -1.62. The van der Waals surface area contributed by atoms with Crippen LogP contribution in [-0.4, -0.2) is 35.0 Å². The minimum Gasteiger partial charge on any atom is -0.480 e. The molecule has 0 aliphatic rings. The van der Waals surface area contributed by atoms with Crippen LogP contribution in [0.5, 0.6) is 0 Å². The van der Waals surface area contributed by atoms with Crippen LogP contribution in [0.2, 0.25) is 0 Å². The first-order valence-electron chi connectivity index (χ1n) is 5.68. The Hall–Kier alpha value is -1.59. The number of carboxylic acid groups (broad SMARTS) is 1. The number of unbranched alkanes of at least 4 members (excludes halogenated alkanes) is 1. The summed E-state index contributed by atoms with van der Waals surface area (Å²) in [6.07, 6.45) is 1.98. The minimum absolute atomic E-state index is 0.326. The van der Waals surface area contributed by atoms with Gasteiger partial charge in [0.15, 0.2) is 0 Å². The first-order valence-corrected chi connectivity index (χ1v) is 5.68. The molecule has 0 heterocycles. The Morgan fingerprint density at radius 3 is 2.24 bits per heavy atom. The van der Waals surface area contributed by atoms with Crippen molar-refractivity contribution in [3.8, 4) is 0 Å². The summed E-state index contributed by atoms with van der Waals surface area (Å²) in [5, 5.41) is 13.7. The Bertz CT molecular complexity index is 291. The van der Waals surface area contributed by atoms with Crippen LogP contribution >= 0.6 is 0 Å². The number of carbonyl (C=O) groups is 3. The van der Waals surface area contributed by atoms with E-state index in [-0.39, 0.29) is 5.91 Å². The van der Waals surface area contributed by atoms with Gasteiger partial charge in [0.2, 0.25) is 11.8 Å². The van der Waals surface area contributed by atoms with Crippen LogP contribution in [-0.2, 0) is 14.4 Å². The largest absolute Gasteiger partial charge is 0.480 e. The predicted molar refractivity (Wildman–Crippen MR) is 62.4 cm³/mol. The van der Waals surface area contributed by atoms with E-state index in [0.29, 0.717) is 6.42 Å². The Morgan fingerprint density at radius 1 is 1.24 bits per heavy atom. The van der Waals surface area contributed by atoms with E-state index in [2.05, 4.69) is 10.6 Å². The molecule has 0 aromatic carbocycles. The molecule has 0 saturated heterocycles. The molecular weight excluding hydrogens is 224 g/mol. The lowest BCUT2D eigenvalue weighted by Crippen LogP contribution is -2.49. The first-order chi connectivity index (χ1) is 7.88. The van der Waals surface area contributed by atoms with Crippen LogP contribution in [0.25, 0.3) is 0 Å². The molecule has 6 nitrogen and oxygen atoms in total. The number of carbonyl (C=O) groups excluding carboxylic acids is 2. The van der Waals surface area contributed by atoms with Crippen molar-refractivity contribution in [3.63, 3.8) is 0 Å². The van der Waals surface area contributed by atoms with Gasteiger partial charge >= 0.3 is 5.97 Å². The van der Waals surface area contributed by atoms with Crippen LogP contribution in [0, 0.1) is 0 Å². The van der Waals surface area contributed by atoms with Crippen molar-refractivity contribution in [1.82, 2.24) is 10.6 Å². The molecule has 6 heteroatoms. The summed E-state index contributed by atoms with van der Waals surface area (Å²) >= 11 is 0. The van der Waals surface area contributed by atoms with Crippen LogP contribution in [0.4, 0.5) is 0 Å². The normalized spacial score (nSPS) is 13.6. The number of aliphatic carboxylic acids is 1. The summed E-state index contributed by atoms with van der Waals surface area (Å²) in [5.74, 6) is -1.86. The zero-order chi connectivity index (χ0) is 13.4. The average molecular weight is 244 g/mol. The van der Waals surface area contributed by atoms with Crippen molar-refractivity contribution < 1.29 is 19.5 Å². The van der Waals surface area contributed by atoms with Crippen LogP contribution < -0.4 is 10.6 Å². The molecule has 2 atom stereocenters. The molecule has 98 valence electrons. The number of nitrogens with one attached hydrogen (secondary N) is 2. The lowest BCUT2D eigenvalue weighted by atomic mass is 10.1. The fourth-order valence-electron chi connectivity index (χ4n) is 1.33. The van der Waals surface area contributed by atoms with Gasteiger partial charge in [-0.2, -0.15) is 0 Å². The fraction of sp³-hybridized carbons (Fsp3) is 0.727. The van der Waals surface area contributed by atoms with Crippen molar-refractivity contribution in [2.75, 3.05) is 0 Å². The Balaban J connectivity index is 4.29. The lowest BCUT2D eigenvalue weighted by molar-refractivity contribution is -0.142. The third kappa shape index (κ3) is 6.55. The van der Waals surface area contributed by atoms with Gasteiger partial charge < -0.3 is 15.7 Å². The molecule has 0 radical (unpaired) electrons. The van der Waals surface area contributed by atoms with Crippen molar-refractivity contribution in [2.24, 2.45) is 0 Å². The molecule has 2 amide bonds. The van der Waals surface area contributed by atoms with E-state index >= 15 is 0 Å². The maximum Gasteiger partial charge on any atom is 0.326 e. The van der Waals surface area contributed by atoms with E-state index in [4.69, 9.17) is 5.11 Å². The van der Waals surface area contributed by atoms with E-state index < -0.39 is 24.0 Å². The molecule has 0 aromatic rings. The summed E-state index contributed by atoms with van der Waals surface area (Å²) in [7, 11) is 0. The van der Waals surface area contributed by atoms with E-state index in [1.807, 2.05) is 6.92 Å². The van der Waals surface area contributed by atoms with Gasteiger partial charge in [0.05, 0.1) is 0 Å². The highest BCUT2D eigenvalue weighted by Crippen LogP contribution is 2.01. The second-order valence-corrected chi connectivity index (χ2v) is 3.96. The Labute approximate surface area is 101 Å². The van der Waals surface area contributed by atoms with Gasteiger partial charge in [-0.15, -0.1) is 0 Å². The zero-order valence-corrected chi connectivity index (χ0v) is 10.4. The smallest absolute Gasteiger partial charge is 0.326 e. The fourth-order valence-corrected chi connectivity index (χ4v) is 1.33. The van der Waals surface area contributed by atoms with Crippen molar-refractivity contribution in [1.29, 1.82) is 0 Å². The highest BCUT2D eigenvalue weighted by molar-refractivity contribution is 5.89. The van der Waals surface area contributed by atoms with Crippen molar-refractivity contribution in [2.45, 2.75) is 52.1 Å². The third-order valence-electron chi connectivity index (χ3n) is 2.27. The number of carboxylic acids is 1. The summed E-state index contributed by atoms with van der Waals surface area (Å²) < 4.78 is 0. The Kier molecular flexibility index (Phi) is 6.93. The molecule has 0 rings (SSSR count). The lowest BCUT2D eigenvalue weighted by Gasteiger charge is -2.17. The molecule has 0 aliphatic heterocycles. The highest BCUT2D eigenvalue weighted by Gasteiger charge is 2.22. The molecule has 0 spiro atoms. The quantitative estimate of drug-likeness (QED) is 0.599. The maximum absolute atomic E-state index is 11.6. The van der Waals surface area contributed by atoms with Gasteiger partial charge in [-0.25, -0.2) is 4.79 Å². The van der Waals surface area contributed by atoms with E-state index in [9.17, 15) is 14.4 Å². The molecule has 0 bridgehead atoms. The van der Waals surface area contributed by atoms with Gasteiger partial charge in [-0.3, -0.25) is 9.59 Å². The molecule has 3 N–H and O–H groups in total. The monoisotopic (exact) mass is 244 g/mol. The maximum atomic E-state index is 11.6. The molecule has 0 saturated carbocycles. The van der Waals surface area contributed by atoms with Gasteiger partial charge in [-0.1, -0.05) is 19.8 Å². The van der Waals surface area contributed by atoms with Crippen molar-refractivity contribution in [3.05, 3.63) is 0 Å². The standard InChI is InChI=1S/C11H20N2O4/c1-4-5-6-9(11(16)17)13-10(15)7(2)12-8(3)14/h7,9H,4-6H2,1-3H3,(H,12,14)(H,13,15)(H,16,17)/t7-,9-/m0/s1. The van der Waals surface area contributed by atoms with Gasteiger partial charge in [-0.05, 0) is 13.3 Å². The average Bonchev–Trinajstić information content (AvgIpc) is 2.22. The number of hydrogen-bond donors (Lipinski definition) is 3. The predicted octanol–water partition coefficient (Wildman–Crippen LogP) is 0.271. The molecule has 0 aromatic heterocycles. The second kappa shape index (κ2) is 7.65. The van der Waals surface area contributed by atoms with E-state index in [1.165, 1.54) is 13.8 Å². The molecule has 0 fully saturated rings. The first kappa shape index (κ1) is 15.4. The van der Waals surface area contributed by atoms with Gasteiger partial charge in [0.25, 0.3) is 0 Å². The number of hydrogen-bond acceptors (Lipinski definition) is 3. The summed E-state index contributed by atoms with van der Waals surface area (Å²) in [6.45, 7) is 4.76. The van der Waals surface area contributed by atoms with Crippen molar-refractivity contribution >= 4 is 17.8 Å². The van der Waals surface area contributed by atoms with E-state index in [0.717, 1.165) is 12.8 Å². The molecule has 0 unspecified atom stereocenters. The van der Waals surface area contributed by atoms with Crippen LogP contribution in [0.3, 0.4) is 0 Å². The molecule has 0 aliphatic carbocycles. The third-order valence-corrected chi connectivity index (χ3v) is 2.27. The highest BCUT2D eigenvalue weighted by atomic mass is 16.4. The summed E-state index contributed by atoms with van der Waals surface area (Å²) in [4.78, 5) is 33.2.